The van der Waals surface area contributed by atoms with Gasteiger partial charge in [-0.1, -0.05) is 36.7 Å². The number of halogens is 5. The van der Waals surface area contributed by atoms with Crippen molar-refractivity contribution >= 4 is 39.1 Å². The Morgan fingerprint density at radius 3 is 2.27 bits per heavy atom. The highest BCUT2D eigenvalue weighted by Gasteiger charge is 2.35. The third kappa shape index (κ3) is 8.06. The number of anilines is 1. The summed E-state index contributed by atoms with van der Waals surface area (Å²) in [6, 6.07) is 6.19. The smallest absolute Gasteiger partial charge is 0.352 e. The molecule has 2 rings (SSSR count). The van der Waals surface area contributed by atoms with Gasteiger partial charge in [0.25, 0.3) is 0 Å². The van der Waals surface area contributed by atoms with Gasteiger partial charge in [-0.3, -0.25) is 13.9 Å². The number of amides is 2. The Morgan fingerprint density at radius 2 is 1.73 bits per heavy atom. The van der Waals surface area contributed by atoms with Crippen molar-refractivity contribution in [3.8, 4) is 0 Å². The first-order chi connectivity index (χ1) is 17.1. The molecule has 0 aromatic heterocycles. The lowest BCUT2D eigenvalue weighted by Crippen LogP contribution is -2.52. The van der Waals surface area contributed by atoms with Crippen LogP contribution in [0.3, 0.4) is 0 Å². The zero-order valence-corrected chi connectivity index (χ0v) is 22.2. The fourth-order valence-corrected chi connectivity index (χ4v) is 4.46. The summed E-state index contributed by atoms with van der Waals surface area (Å²) in [4.78, 5) is 27.2. The number of alkyl halides is 3. The van der Waals surface area contributed by atoms with E-state index in [9.17, 15) is 35.6 Å². The van der Waals surface area contributed by atoms with Crippen LogP contribution in [0.4, 0.5) is 23.2 Å². The molecule has 204 valence electrons. The second-order valence-electron chi connectivity index (χ2n) is 8.54. The first-order valence-corrected chi connectivity index (χ1v) is 13.5. The molecule has 0 unspecified atom stereocenters. The van der Waals surface area contributed by atoms with Gasteiger partial charge < -0.3 is 10.2 Å². The number of nitrogens with zero attached hydrogens (tertiary/aromatic N) is 2. The third-order valence-electron chi connectivity index (χ3n) is 5.69. The average Bonchev–Trinajstić information content (AvgIpc) is 2.80. The van der Waals surface area contributed by atoms with Gasteiger partial charge in [0.1, 0.15) is 18.4 Å². The number of benzene rings is 2. The molecule has 0 saturated heterocycles. The first-order valence-electron chi connectivity index (χ1n) is 11.2. The summed E-state index contributed by atoms with van der Waals surface area (Å²) in [6.07, 6.45) is -3.50. The molecule has 0 aliphatic heterocycles. The van der Waals surface area contributed by atoms with Crippen LogP contribution >= 0.6 is 11.6 Å². The van der Waals surface area contributed by atoms with Crippen molar-refractivity contribution in [3.63, 3.8) is 0 Å². The van der Waals surface area contributed by atoms with Crippen LogP contribution < -0.4 is 9.62 Å². The summed E-state index contributed by atoms with van der Waals surface area (Å²) in [5.41, 5.74) is -1.67. The van der Waals surface area contributed by atoms with Crippen LogP contribution in [0.1, 0.15) is 38.3 Å². The van der Waals surface area contributed by atoms with Gasteiger partial charge in [-0.2, -0.15) is 13.2 Å². The van der Waals surface area contributed by atoms with Crippen molar-refractivity contribution in [3.05, 3.63) is 64.4 Å². The molecule has 1 N–H and O–H groups in total. The van der Waals surface area contributed by atoms with Crippen LogP contribution in [0.2, 0.25) is 5.02 Å². The summed E-state index contributed by atoms with van der Waals surface area (Å²) in [6.45, 7) is 3.59. The van der Waals surface area contributed by atoms with Gasteiger partial charge >= 0.3 is 6.18 Å². The molecule has 2 atom stereocenters. The van der Waals surface area contributed by atoms with Crippen molar-refractivity contribution in [2.45, 2.75) is 52.0 Å². The number of hydrogen-bond donors (Lipinski definition) is 1. The highest BCUT2D eigenvalue weighted by Crippen LogP contribution is 2.36. The number of nitrogens with one attached hydrogen (secondary N) is 1. The van der Waals surface area contributed by atoms with Gasteiger partial charge in [0, 0.05) is 18.2 Å². The maximum atomic E-state index is 14.4. The van der Waals surface area contributed by atoms with Gasteiger partial charge in [-0.15, -0.1) is 0 Å². The van der Waals surface area contributed by atoms with Crippen molar-refractivity contribution in [1.29, 1.82) is 0 Å². The van der Waals surface area contributed by atoms with Crippen molar-refractivity contribution in [2.75, 3.05) is 17.1 Å². The van der Waals surface area contributed by atoms with Crippen molar-refractivity contribution in [2.24, 2.45) is 0 Å². The maximum absolute atomic E-state index is 14.4. The molecule has 2 amide bonds. The lowest BCUT2D eigenvalue weighted by molar-refractivity contribution is -0.139. The van der Waals surface area contributed by atoms with Crippen LogP contribution in [0.25, 0.3) is 0 Å². The Morgan fingerprint density at radius 1 is 1.11 bits per heavy atom. The molecule has 7 nitrogen and oxygen atoms in total. The quantitative estimate of drug-likeness (QED) is 0.427. The Balaban J connectivity index is 2.51. The van der Waals surface area contributed by atoms with E-state index < -0.39 is 64.2 Å². The standard InChI is InChI=1S/C24H28ClF4N3O4S/c1-5-15(2)30-23(34)16(3)31(13-17-8-6-7-9-20(17)26)22(33)14-32(37(4,35)36)21-12-18(24(27,28)29)10-11-19(21)25/h6-12,15-16H,5,13-14H2,1-4H3,(H,30,34)/t15-,16-/m0/s1. The predicted octanol–water partition coefficient (Wildman–Crippen LogP) is 4.60. The third-order valence-corrected chi connectivity index (χ3v) is 7.13. The number of carbonyl (C=O) groups excluding carboxylic acids is 2. The highest BCUT2D eigenvalue weighted by molar-refractivity contribution is 7.92. The summed E-state index contributed by atoms with van der Waals surface area (Å²) in [5.74, 6) is -2.17. The van der Waals surface area contributed by atoms with E-state index in [4.69, 9.17) is 11.6 Å². The first kappa shape index (κ1) is 30.4. The van der Waals surface area contributed by atoms with Gasteiger partial charge in [-0.25, -0.2) is 12.8 Å². The fourth-order valence-electron chi connectivity index (χ4n) is 3.33. The second kappa shape index (κ2) is 12.1. The van der Waals surface area contributed by atoms with Crippen LogP contribution in [0, 0.1) is 5.82 Å². The molecular formula is C24H28ClF4N3O4S. The summed E-state index contributed by atoms with van der Waals surface area (Å²) >= 11 is 6.03. The normalized spacial score (nSPS) is 13.5. The van der Waals surface area contributed by atoms with Gasteiger partial charge in [0.15, 0.2) is 0 Å². The number of carbonyl (C=O) groups is 2. The Hall–Kier alpha value is -2.86. The monoisotopic (exact) mass is 565 g/mol. The SMILES string of the molecule is CC[C@H](C)NC(=O)[C@H](C)N(Cc1ccccc1F)C(=O)CN(c1cc(C(F)(F)F)ccc1Cl)S(C)(=O)=O. The van der Waals surface area contributed by atoms with Crippen molar-refractivity contribution in [1.82, 2.24) is 10.2 Å². The molecule has 0 spiro atoms. The molecule has 0 fully saturated rings. The van der Waals surface area contributed by atoms with E-state index in [-0.39, 0.29) is 16.6 Å². The molecule has 0 aliphatic rings. The Bertz CT molecular complexity index is 1240. The Kier molecular flexibility index (Phi) is 9.95. The van der Waals surface area contributed by atoms with E-state index in [0.29, 0.717) is 29.1 Å². The van der Waals surface area contributed by atoms with E-state index in [2.05, 4.69) is 5.32 Å². The fraction of sp³-hybridized carbons (Fsp3) is 0.417. The van der Waals surface area contributed by atoms with Crippen LogP contribution in [0.5, 0.6) is 0 Å². The van der Waals surface area contributed by atoms with Gasteiger partial charge in [0.05, 0.1) is 22.5 Å². The maximum Gasteiger partial charge on any atom is 0.416 e. The zero-order chi connectivity index (χ0) is 28.1. The molecule has 2 aromatic rings. The molecular weight excluding hydrogens is 538 g/mol. The van der Waals surface area contributed by atoms with E-state index in [1.165, 1.54) is 25.1 Å². The van der Waals surface area contributed by atoms with Crippen LogP contribution in [0.15, 0.2) is 42.5 Å². The average molecular weight is 566 g/mol. The summed E-state index contributed by atoms with van der Waals surface area (Å²) < 4.78 is 79.9. The summed E-state index contributed by atoms with van der Waals surface area (Å²) in [7, 11) is -4.32. The van der Waals surface area contributed by atoms with Crippen molar-refractivity contribution < 1.29 is 35.6 Å². The van der Waals surface area contributed by atoms with E-state index in [1.54, 1.807) is 6.92 Å². The number of hydrogen-bond acceptors (Lipinski definition) is 4. The summed E-state index contributed by atoms with van der Waals surface area (Å²) in [5, 5.41) is 2.37. The lowest BCUT2D eigenvalue weighted by Gasteiger charge is -2.32. The minimum absolute atomic E-state index is 0.0575. The molecule has 0 heterocycles. The molecule has 13 heteroatoms. The Labute approximate surface area is 218 Å². The number of rotatable bonds is 10. The second-order valence-corrected chi connectivity index (χ2v) is 10.9. The van der Waals surface area contributed by atoms with Gasteiger partial charge in [-0.05, 0) is 44.5 Å². The van der Waals surface area contributed by atoms with Crippen LogP contribution in [-0.2, 0) is 32.3 Å². The van der Waals surface area contributed by atoms with Gasteiger partial charge in [0.2, 0.25) is 21.8 Å². The largest absolute Gasteiger partial charge is 0.416 e. The molecule has 0 radical (unpaired) electrons. The van der Waals surface area contributed by atoms with E-state index in [1.807, 2.05) is 6.92 Å². The molecule has 0 bridgehead atoms. The highest BCUT2D eigenvalue weighted by atomic mass is 35.5. The minimum Gasteiger partial charge on any atom is -0.352 e. The van der Waals surface area contributed by atoms with E-state index in [0.717, 1.165) is 17.0 Å². The van der Waals surface area contributed by atoms with E-state index >= 15 is 0 Å². The lowest BCUT2D eigenvalue weighted by atomic mass is 10.1. The number of sulfonamides is 1. The topological polar surface area (TPSA) is 86.8 Å². The molecule has 0 aliphatic carbocycles. The molecule has 37 heavy (non-hydrogen) atoms. The predicted molar refractivity (Wildman–Crippen MR) is 133 cm³/mol. The molecule has 2 aromatic carbocycles. The minimum atomic E-state index is -4.80. The zero-order valence-electron chi connectivity index (χ0n) is 20.6. The van der Waals surface area contributed by atoms with Crippen LogP contribution in [-0.4, -0.2) is 50.0 Å². The molecule has 0 saturated carbocycles.